The molecule has 0 aliphatic carbocycles. The second kappa shape index (κ2) is 7.11. The number of carboxylic acid groups (broad SMARTS) is 1. The molecule has 7 heteroatoms. The molecule has 2 N–H and O–H groups in total. The van der Waals surface area contributed by atoms with Gasteiger partial charge >= 0.3 is 5.97 Å². The maximum absolute atomic E-state index is 13.7. The largest absolute Gasteiger partial charge is 0.496 e. The lowest BCUT2D eigenvalue weighted by atomic mass is 10.1. The molecule has 0 aliphatic rings. The van der Waals surface area contributed by atoms with E-state index in [4.69, 9.17) is 21.4 Å². The fourth-order valence-electron chi connectivity index (χ4n) is 1.98. The van der Waals surface area contributed by atoms with Gasteiger partial charge in [0.2, 0.25) is 0 Å². The lowest BCUT2D eigenvalue weighted by molar-refractivity contribution is 0.0693. The van der Waals surface area contributed by atoms with Crippen LogP contribution >= 0.6 is 11.6 Å². The van der Waals surface area contributed by atoms with E-state index in [1.54, 1.807) is 6.07 Å². The van der Waals surface area contributed by atoms with Crippen LogP contribution in [0, 0.1) is 5.82 Å². The van der Waals surface area contributed by atoms with E-state index in [1.165, 1.54) is 31.4 Å². The zero-order valence-corrected chi connectivity index (χ0v) is 12.9. The summed E-state index contributed by atoms with van der Waals surface area (Å²) in [5.41, 5.74) is 0.393. The molecule has 0 aromatic heterocycles. The number of carboxylic acids is 1. The standard InChI is InChI=1S/C16H13ClFNO4/c1-23-14-5-2-9(6-12(14)16(21)22)8-19-15(20)11-4-3-10(17)7-13(11)18/h2-7H,8H2,1H3,(H,19,20)(H,21,22). The molecule has 0 spiro atoms. The summed E-state index contributed by atoms with van der Waals surface area (Å²) in [5.74, 6) is -2.27. The third-order valence-electron chi connectivity index (χ3n) is 3.12. The first-order chi connectivity index (χ1) is 10.9. The first kappa shape index (κ1) is 16.8. The highest BCUT2D eigenvalue weighted by Gasteiger charge is 2.14. The molecule has 23 heavy (non-hydrogen) atoms. The minimum atomic E-state index is -1.14. The first-order valence-corrected chi connectivity index (χ1v) is 6.93. The SMILES string of the molecule is COc1ccc(CNC(=O)c2ccc(Cl)cc2F)cc1C(=O)O. The summed E-state index contributed by atoms with van der Waals surface area (Å²) >= 11 is 5.63. The number of halogens is 2. The van der Waals surface area contributed by atoms with Gasteiger partial charge in [-0.2, -0.15) is 0 Å². The van der Waals surface area contributed by atoms with Crippen molar-refractivity contribution in [3.05, 3.63) is 63.9 Å². The molecule has 1 amide bonds. The minimum absolute atomic E-state index is 0.0167. The number of hydrogen-bond donors (Lipinski definition) is 2. The third-order valence-corrected chi connectivity index (χ3v) is 3.36. The van der Waals surface area contributed by atoms with Crippen molar-refractivity contribution in [2.24, 2.45) is 0 Å². The van der Waals surface area contributed by atoms with Gasteiger partial charge in [0.1, 0.15) is 17.1 Å². The number of aromatic carboxylic acids is 1. The Morgan fingerprint density at radius 3 is 2.57 bits per heavy atom. The Kier molecular flexibility index (Phi) is 5.18. The van der Waals surface area contributed by atoms with Crippen LogP contribution < -0.4 is 10.1 Å². The van der Waals surface area contributed by atoms with Gasteiger partial charge in [-0.3, -0.25) is 4.79 Å². The summed E-state index contributed by atoms with van der Waals surface area (Å²) in [7, 11) is 1.37. The average molecular weight is 338 g/mol. The molecule has 0 saturated heterocycles. The predicted molar refractivity (Wildman–Crippen MR) is 82.5 cm³/mol. The molecule has 2 rings (SSSR count). The number of ether oxygens (including phenoxy) is 1. The fourth-order valence-corrected chi connectivity index (χ4v) is 2.14. The Balaban J connectivity index is 2.13. The lowest BCUT2D eigenvalue weighted by Crippen LogP contribution is -2.24. The zero-order chi connectivity index (χ0) is 17.0. The van der Waals surface area contributed by atoms with Crippen LogP contribution in [0.4, 0.5) is 4.39 Å². The Labute approximate surface area is 136 Å². The van der Waals surface area contributed by atoms with Crippen LogP contribution in [0.5, 0.6) is 5.75 Å². The number of rotatable bonds is 5. The highest BCUT2D eigenvalue weighted by atomic mass is 35.5. The molecule has 0 fully saturated rings. The summed E-state index contributed by atoms with van der Waals surface area (Å²) in [6, 6.07) is 8.24. The molecule has 2 aromatic rings. The summed E-state index contributed by atoms with van der Waals surface area (Å²) in [5, 5.41) is 11.8. The lowest BCUT2D eigenvalue weighted by Gasteiger charge is -2.09. The molecular formula is C16H13ClFNO4. The number of amides is 1. The highest BCUT2D eigenvalue weighted by Crippen LogP contribution is 2.20. The van der Waals surface area contributed by atoms with E-state index >= 15 is 0 Å². The molecule has 0 radical (unpaired) electrons. The predicted octanol–water partition coefficient (Wildman–Crippen LogP) is 3.12. The average Bonchev–Trinajstić information content (AvgIpc) is 2.52. The van der Waals surface area contributed by atoms with Crippen molar-refractivity contribution in [2.75, 3.05) is 7.11 Å². The van der Waals surface area contributed by atoms with E-state index in [0.29, 0.717) is 5.56 Å². The maximum atomic E-state index is 13.7. The minimum Gasteiger partial charge on any atom is -0.496 e. The molecule has 5 nitrogen and oxygen atoms in total. The molecule has 120 valence electrons. The van der Waals surface area contributed by atoms with Gasteiger partial charge in [-0.25, -0.2) is 9.18 Å². The van der Waals surface area contributed by atoms with E-state index < -0.39 is 17.7 Å². The quantitative estimate of drug-likeness (QED) is 0.879. The molecule has 0 heterocycles. The first-order valence-electron chi connectivity index (χ1n) is 6.56. The van der Waals surface area contributed by atoms with Gasteiger partial charge in [0.15, 0.2) is 0 Å². The van der Waals surface area contributed by atoms with Gasteiger partial charge in [0.05, 0.1) is 12.7 Å². The third kappa shape index (κ3) is 3.98. The van der Waals surface area contributed by atoms with Gasteiger partial charge in [-0.05, 0) is 35.9 Å². The van der Waals surface area contributed by atoms with Crippen LogP contribution in [-0.4, -0.2) is 24.1 Å². The van der Waals surface area contributed by atoms with Gasteiger partial charge in [0.25, 0.3) is 5.91 Å². The van der Waals surface area contributed by atoms with Gasteiger partial charge < -0.3 is 15.2 Å². The van der Waals surface area contributed by atoms with E-state index in [9.17, 15) is 14.0 Å². The number of nitrogens with one attached hydrogen (secondary N) is 1. The summed E-state index contributed by atoms with van der Waals surface area (Å²) < 4.78 is 18.6. The molecular weight excluding hydrogens is 325 g/mol. The normalized spacial score (nSPS) is 10.2. The molecule has 0 aliphatic heterocycles. The second-order valence-corrected chi connectivity index (χ2v) is 5.08. The Morgan fingerprint density at radius 2 is 1.96 bits per heavy atom. The van der Waals surface area contributed by atoms with Crippen LogP contribution in [0.15, 0.2) is 36.4 Å². The van der Waals surface area contributed by atoms with Crippen molar-refractivity contribution in [1.82, 2.24) is 5.32 Å². The van der Waals surface area contributed by atoms with E-state index in [0.717, 1.165) is 6.07 Å². The van der Waals surface area contributed by atoms with E-state index in [1.807, 2.05) is 0 Å². The van der Waals surface area contributed by atoms with Crippen LogP contribution in [0.3, 0.4) is 0 Å². The van der Waals surface area contributed by atoms with Crippen molar-refractivity contribution in [2.45, 2.75) is 6.54 Å². The molecule has 2 aromatic carbocycles. The monoisotopic (exact) mass is 337 g/mol. The van der Waals surface area contributed by atoms with E-state index in [2.05, 4.69) is 5.32 Å². The van der Waals surface area contributed by atoms with Crippen molar-refractivity contribution < 1.29 is 23.8 Å². The smallest absolute Gasteiger partial charge is 0.339 e. The molecule has 0 unspecified atom stereocenters. The van der Waals surface area contributed by atoms with Gasteiger partial charge in [-0.1, -0.05) is 17.7 Å². The number of methoxy groups -OCH3 is 1. The Hall–Kier alpha value is -2.60. The Bertz CT molecular complexity index is 764. The van der Waals surface area contributed by atoms with Crippen molar-refractivity contribution in [3.63, 3.8) is 0 Å². The number of hydrogen-bond acceptors (Lipinski definition) is 3. The van der Waals surface area contributed by atoms with E-state index in [-0.39, 0.29) is 28.4 Å². The molecule has 0 bridgehead atoms. The van der Waals surface area contributed by atoms with Crippen LogP contribution in [-0.2, 0) is 6.54 Å². The number of carbonyl (C=O) groups excluding carboxylic acids is 1. The second-order valence-electron chi connectivity index (χ2n) is 4.65. The van der Waals surface area contributed by atoms with Crippen molar-refractivity contribution in [1.29, 1.82) is 0 Å². The fraction of sp³-hybridized carbons (Fsp3) is 0.125. The highest BCUT2D eigenvalue weighted by molar-refractivity contribution is 6.30. The molecule has 0 saturated carbocycles. The Morgan fingerprint density at radius 1 is 1.22 bits per heavy atom. The number of carbonyl (C=O) groups is 2. The summed E-state index contributed by atoms with van der Waals surface area (Å²) in [6.07, 6.45) is 0. The maximum Gasteiger partial charge on any atom is 0.339 e. The molecule has 0 atom stereocenters. The van der Waals surface area contributed by atoms with Crippen molar-refractivity contribution >= 4 is 23.5 Å². The van der Waals surface area contributed by atoms with Crippen LogP contribution in [0.25, 0.3) is 0 Å². The summed E-state index contributed by atoms with van der Waals surface area (Å²) in [4.78, 5) is 23.1. The van der Waals surface area contributed by atoms with Gasteiger partial charge in [0, 0.05) is 11.6 Å². The van der Waals surface area contributed by atoms with Crippen LogP contribution in [0.1, 0.15) is 26.3 Å². The van der Waals surface area contributed by atoms with Crippen LogP contribution in [0.2, 0.25) is 5.02 Å². The summed E-state index contributed by atoms with van der Waals surface area (Å²) in [6.45, 7) is 0.0468. The number of benzene rings is 2. The zero-order valence-electron chi connectivity index (χ0n) is 12.1. The van der Waals surface area contributed by atoms with Crippen molar-refractivity contribution in [3.8, 4) is 5.75 Å². The topological polar surface area (TPSA) is 75.6 Å². The van der Waals surface area contributed by atoms with Gasteiger partial charge in [-0.15, -0.1) is 0 Å².